The predicted octanol–water partition coefficient (Wildman–Crippen LogP) is 6.92. The summed E-state index contributed by atoms with van der Waals surface area (Å²) in [5.74, 6) is -0.621. The smallest absolute Gasteiger partial charge is 0.336 e. The number of carbonyl (C=O) groups excluding carboxylic acids is 2. The van der Waals surface area contributed by atoms with Crippen LogP contribution in [0.5, 0.6) is 0 Å². The molecule has 29 heavy (non-hydrogen) atoms. The molecule has 0 aromatic carbocycles. The van der Waals surface area contributed by atoms with Crippen LogP contribution in [-0.4, -0.2) is 30.2 Å². The Bertz CT molecular complexity index is 413. The van der Waals surface area contributed by atoms with Crippen LogP contribution in [-0.2, 0) is 9.63 Å². The molecule has 2 amide bonds. The molecular formula is C24H46N2O3. The van der Waals surface area contributed by atoms with E-state index in [-0.39, 0.29) is 6.03 Å². The molecule has 0 saturated heterocycles. The molecule has 0 aliphatic heterocycles. The van der Waals surface area contributed by atoms with Crippen molar-refractivity contribution >= 4 is 12.0 Å². The molecule has 0 aromatic rings. The molecular weight excluding hydrogens is 364 g/mol. The normalized spacial score (nSPS) is 10.6. The lowest BCUT2D eigenvalue weighted by Gasteiger charge is -2.18. The van der Waals surface area contributed by atoms with Gasteiger partial charge in [0.2, 0.25) is 0 Å². The third-order valence-corrected chi connectivity index (χ3v) is 5.19. The number of hydroxylamine groups is 2. The summed E-state index contributed by atoms with van der Waals surface area (Å²) in [6.45, 7) is 8.27. The summed E-state index contributed by atoms with van der Waals surface area (Å²) in [6.07, 6.45) is 22.3. The Morgan fingerprint density at radius 1 is 0.759 bits per heavy atom. The Morgan fingerprint density at radius 2 is 1.17 bits per heavy atom. The Balaban J connectivity index is 3.34. The maximum atomic E-state index is 11.9. The lowest BCUT2D eigenvalue weighted by Crippen LogP contribution is -2.41. The molecule has 0 atom stereocenters. The quantitative estimate of drug-likeness (QED) is 0.143. The number of carbonyl (C=O) groups is 2. The summed E-state index contributed by atoms with van der Waals surface area (Å²) in [5.41, 5.74) is 0. The Hall–Kier alpha value is -1.52. The van der Waals surface area contributed by atoms with Gasteiger partial charge in [-0.15, -0.1) is 0 Å². The van der Waals surface area contributed by atoms with Gasteiger partial charge in [-0.2, -0.15) is 5.06 Å². The second kappa shape index (κ2) is 21.2. The van der Waals surface area contributed by atoms with Crippen molar-refractivity contribution in [3.05, 3.63) is 12.7 Å². The van der Waals surface area contributed by atoms with E-state index in [9.17, 15) is 9.59 Å². The number of amides is 2. The van der Waals surface area contributed by atoms with Gasteiger partial charge in [0.05, 0.1) is 6.54 Å². The highest BCUT2D eigenvalue weighted by Gasteiger charge is 2.14. The van der Waals surface area contributed by atoms with Crippen LogP contribution in [0.15, 0.2) is 12.7 Å². The van der Waals surface area contributed by atoms with Crippen molar-refractivity contribution in [3.63, 3.8) is 0 Å². The van der Waals surface area contributed by atoms with Crippen LogP contribution in [0.4, 0.5) is 4.79 Å². The van der Waals surface area contributed by atoms with Gasteiger partial charge in [-0.3, -0.25) is 0 Å². The summed E-state index contributed by atoms with van der Waals surface area (Å²) >= 11 is 0. The van der Waals surface area contributed by atoms with Crippen LogP contribution in [0.2, 0.25) is 0 Å². The maximum Gasteiger partial charge on any atom is 0.355 e. The SMILES string of the molecule is C=CC(=O)ON(CC)C(=O)NCCCCCCCCCCCCCCCCCC. The van der Waals surface area contributed by atoms with E-state index in [4.69, 9.17) is 4.84 Å². The zero-order chi connectivity index (χ0) is 21.6. The van der Waals surface area contributed by atoms with Crippen LogP contribution < -0.4 is 5.32 Å². The molecule has 170 valence electrons. The van der Waals surface area contributed by atoms with Gasteiger partial charge >= 0.3 is 12.0 Å². The first-order chi connectivity index (χ1) is 14.2. The molecule has 0 aromatic heterocycles. The van der Waals surface area contributed by atoms with Crippen molar-refractivity contribution in [2.45, 2.75) is 117 Å². The number of hydrogen-bond acceptors (Lipinski definition) is 3. The first-order valence-electron chi connectivity index (χ1n) is 12.0. The molecule has 0 heterocycles. The van der Waals surface area contributed by atoms with Crippen molar-refractivity contribution in [2.75, 3.05) is 13.1 Å². The fourth-order valence-corrected chi connectivity index (χ4v) is 3.35. The molecule has 0 saturated carbocycles. The highest BCUT2D eigenvalue weighted by atomic mass is 16.7. The summed E-state index contributed by atoms with van der Waals surface area (Å²) in [6, 6.07) is -0.372. The molecule has 5 heteroatoms. The largest absolute Gasteiger partial charge is 0.355 e. The number of unbranched alkanes of at least 4 members (excludes halogenated alkanes) is 15. The van der Waals surface area contributed by atoms with E-state index in [0.29, 0.717) is 13.1 Å². The summed E-state index contributed by atoms with van der Waals surface area (Å²) < 4.78 is 0. The molecule has 0 spiro atoms. The van der Waals surface area contributed by atoms with E-state index in [2.05, 4.69) is 18.8 Å². The Labute approximate surface area is 179 Å². The summed E-state index contributed by atoms with van der Waals surface area (Å²) in [4.78, 5) is 27.9. The van der Waals surface area contributed by atoms with Gasteiger partial charge in [0.1, 0.15) is 0 Å². The minimum atomic E-state index is -0.621. The summed E-state index contributed by atoms with van der Waals surface area (Å²) in [5, 5.41) is 3.81. The van der Waals surface area contributed by atoms with Crippen molar-refractivity contribution in [3.8, 4) is 0 Å². The fourth-order valence-electron chi connectivity index (χ4n) is 3.35. The van der Waals surface area contributed by atoms with E-state index in [1.807, 2.05) is 0 Å². The minimum Gasteiger partial charge on any atom is -0.336 e. The first-order valence-corrected chi connectivity index (χ1v) is 12.0. The van der Waals surface area contributed by atoms with Gasteiger partial charge in [0, 0.05) is 12.6 Å². The zero-order valence-electron chi connectivity index (χ0n) is 19.2. The molecule has 0 aliphatic rings. The fraction of sp³-hybridized carbons (Fsp3) is 0.833. The van der Waals surface area contributed by atoms with Crippen LogP contribution in [0.25, 0.3) is 0 Å². The third-order valence-electron chi connectivity index (χ3n) is 5.19. The molecule has 1 N–H and O–H groups in total. The average molecular weight is 411 g/mol. The molecule has 0 rings (SSSR count). The zero-order valence-corrected chi connectivity index (χ0v) is 19.2. The third kappa shape index (κ3) is 18.3. The van der Waals surface area contributed by atoms with Crippen LogP contribution in [0.1, 0.15) is 117 Å². The Morgan fingerprint density at radius 3 is 1.55 bits per heavy atom. The molecule has 5 nitrogen and oxygen atoms in total. The van der Waals surface area contributed by atoms with E-state index in [1.165, 1.54) is 89.9 Å². The monoisotopic (exact) mass is 410 g/mol. The second-order valence-corrected chi connectivity index (χ2v) is 7.84. The summed E-state index contributed by atoms with van der Waals surface area (Å²) in [7, 11) is 0. The highest BCUT2D eigenvalue weighted by molar-refractivity contribution is 5.83. The molecule has 0 radical (unpaired) electrons. The number of hydrogen-bond donors (Lipinski definition) is 1. The molecule has 0 unspecified atom stereocenters. The van der Waals surface area contributed by atoms with E-state index >= 15 is 0 Å². The second-order valence-electron chi connectivity index (χ2n) is 7.84. The van der Waals surface area contributed by atoms with E-state index in [0.717, 1.165) is 24.0 Å². The van der Waals surface area contributed by atoms with Gasteiger partial charge in [-0.1, -0.05) is 110 Å². The van der Waals surface area contributed by atoms with Gasteiger partial charge in [-0.05, 0) is 13.3 Å². The van der Waals surface area contributed by atoms with Gasteiger partial charge in [0.15, 0.2) is 0 Å². The van der Waals surface area contributed by atoms with E-state index < -0.39 is 5.97 Å². The average Bonchev–Trinajstić information content (AvgIpc) is 2.73. The minimum absolute atomic E-state index is 0.310. The number of urea groups is 1. The lowest BCUT2D eigenvalue weighted by atomic mass is 10.0. The topological polar surface area (TPSA) is 58.6 Å². The predicted molar refractivity (Wildman–Crippen MR) is 122 cm³/mol. The van der Waals surface area contributed by atoms with Crippen molar-refractivity contribution < 1.29 is 14.4 Å². The standard InChI is InChI=1S/C24H46N2O3/c1-4-7-8-9-10-11-12-13-14-15-16-17-18-19-20-21-22-25-24(28)26(6-3)29-23(27)5-2/h5H,2,4,6-22H2,1,3H3,(H,25,28). The number of nitrogens with zero attached hydrogens (tertiary/aromatic N) is 1. The van der Waals surface area contributed by atoms with E-state index in [1.54, 1.807) is 6.92 Å². The van der Waals surface area contributed by atoms with Gasteiger partial charge in [-0.25, -0.2) is 9.59 Å². The molecule has 0 aliphatic carbocycles. The lowest BCUT2D eigenvalue weighted by molar-refractivity contribution is -0.169. The molecule has 0 bridgehead atoms. The van der Waals surface area contributed by atoms with Gasteiger partial charge in [0.25, 0.3) is 0 Å². The highest BCUT2D eigenvalue weighted by Crippen LogP contribution is 2.13. The molecule has 0 fully saturated rings. The van der Waals surface area contributed by atoms with Crippen LogP contribution in [0.3, 0.4) is 0 Å². The number of nitrogens with one attached hydrogen (secondary N) is 1. The van der Waals surface area contributed by atoms with Crippen molar-refractivity contribution in [1.82, 2.24) is 10.4 Å². The Kier molecular flexibility index (Phi) is 20.1. The van der Waals surface area contributed by atoms with Crippen LogP contribution >= 0.6 is 0 Å². The maximum absolute atomic E-state index is 11.9. The van der Waals surface area contributed by atoms with Crippen molar-refractivity contribution in [1.29, 1.82) is 0 Å². The number of rotatable bonds is 19. The van der Waals surface area contributed by atoms with Crippen molar-refractivity contribution in [2.24, 2.45) is 0 Å². The van der Waals surface area contributed by atoms with Crippen LogP contribution in [0, 0.1) is 0 Å². The first kappa shape index (κ1) is 27.5. The van der Waals surface area contributed by atoms with Gasteiger partial charge < -0.3 is 10.2 Å².